The minimum absolute atomic E-state index is 0.0275. The van der Waals surface area contributed by atoms with Gasteiger partial charge in [-0.05, 0) is 45.6 Å². The van der Waals surface area contributed by atoms with Crippen molar-refractivity contribution in [2.75, 3.05) is 37.8 Å². The van der Waals surface area contributed by atoms with Gasteiger partial charge in [-0.3, -0.25) is 4.79 Å². The van der Waals surface area contributed by atoms with Crippen LogP contribution in [0, 0.1) is 0 Å². The van der Waals surface area contributed by atoms with E-state index >= 15 is 0 Å². The summed E-state index contributed by atoms with van der Waals surface area (Å²) in [5.74, 6) is -0.0275. The largest absolute Gasteiger partial charge is 0.398 e. The van der Waals surface area contributed by atoms with E-state index < -0.39 is 0 Å². The third kappa shape index (κ3) is 3.11. The second-order valence-corrected chi connectivity index (χ2v) is 5.79. The van der Waals surface area contributed by atoms with Crippen LogP contribution in [0.5, 0.6) is 0 Å². The standard InChI is InChI=1S/C15H23N3O2/c1-10(19)14-5-4-11(7-15(14)16)18-9-13(20)6-12(18)8-17(2)3/h4-5,7,12-13,20H,6,8-9,16H2,1-3H3. The predicted molar refractivity (Wildman–Crippen MR) is 81.2 cm³/mol. The van der Waals surface area contributed by atoms with Crippen LogP contribution in [0.25, 0.3) is 0 Å². The molecule has 2 unspecified atom stereocenters. The number of benzene rings is 1. The summed E-state index contributed by atoms with van der Waals surface area (Å²) < 4.78 is 0. The van der Waals surface area contributed by atoms with Crippen LogP contribution in [0.1, 0.15) is 23.7 Å². The summed E-state index contributed by atoms with van der Waals surface area (Å²) in [6.45, 7) is 3.00. The van der Waals surface area contributed by atoms with Crippen LogP contribution in [0.3, 0.4) is 0 Å². The second-order valence-electron chi connectivity index (χ2n) is 5.79. The third-order valence-corrected chi connectivity index (χ3v) is 3.71. The molecule has 1 saturated heterocycles. The van der Waals surface area contributed by atoms with E-state index in [0.717, 1.165) is 18.7 Å². The normalized spacial score (nSPS) is 22.6. The number of anilines is 2. The molecule has 3 N–H and O–H groups in total. The first kappa shape index (κ1) is 14.8. The molecule has 0 saturated carbocycles. The highest BCUT2D eigenvalue weighted by molar-refractivity contribution is 5.99. The summed E-state index contributed by atoms with van der Waals surface area (Å²) >= 11 is 0. The van der Waals surface area contributed by atoms with Gasteiger partial charge in [0.15, 0.2) is 5.78 Å². The molecule has 1 aliphatic rings. The van der Waals surface area contributed by atoms with Crippen LogP contribution < -0.4 is 10.6 Å². The summed E-state index contributed by atoms with van der Waals surface area (Å²) in [5, 5.41) is 9.91. The van der Waals surface area contributed by atoms with Gasteiger partial charge >= 0.3 is 0 Å². The minimum Gasteiger partial charge on any atom is -0.398 e. The van der Waals surface area contributed by atoms with Crippen molar-refractivity contribution in [1.82, 2.24) is 4.90 Å². The van der Waals surface area contributed by atoms with Gasteiger partial charge in [-0.2, -0.15) is 0 Å². The molecule has 1 fully saturated rings. The zero-order chi connectivity index (χ0) is 14.9. The Morgan fingerprint density at radius 1 is 1.50 bits per heavy atom. The minimum atomic E-state index is -0.311. The van der Waals surface area contributed by atoms with Gasteiger partial charge in [0, 0.05) is 36.1 Å². The van der Waals surface area contributed by atoms with Gasteiger partial charge in [0.1, 0.15) is 0 Å². The average Bonchev–Trinajstić information content (AvgIpc) is 2.68. The number of carbonyl (C=O) groups is 1. The maximum atomic E-state index is 11.4. The number of Topliss-reactive ketones (excluding diaryl/α,β-unsaturated/α-hetero) is 1. The zero-order valence-corrected chi connectivity index (χ0v) is 12.3. The van der Waals surface area contributed by atoms with Crippen molar-refractivity contribution in [3.05, 3.63) is 23.8 Å². The summed E-state index contributed by atoms with van der Waals surface area (Å²) in [7, 11) is 4.05. The van der Waals surface area contributed by atoms with Gasteiger partial charge in [0.05, 0.1) is 6.10 Å². The van der Waals surface area contributed by atoms with Crippen LogP contribution in [0.2, 0.25) is 0 Å². The van der Waals surface area contributed by atoms with E-state index in [0.29, 0.717) is 17.8 Å². The first-order valence-electron chi connectivity index (χ1n) is 6.88. The Balaban J connectivity index is 2.25. The number of likely N-dealkylation sites (N-methyl/N-ethyl adjacent to an activating group) is 1. The van der Waals surface area contributed by atoms with Gasteiger partial charge in [0.2, 0.25) is 0 Å². The Morgan fingerprint density at radius 3 is 2.75 bits per heavy atom. The van der Waals surface area contributed by atoms with Crippen LogP contribution in [-0.4, -0.2) is 55.1 Å². The third-order valence-electron chi connectivity index (χ3n) is 3.71. The van der Waals surface area contributed by atoms with Crippen LogP contribution in [0.4, 0.5) is 11.4 Å². The number of aliphatic hydroxyl groups is 1. The maximum absolute atomic E-state index is 11.4. The molecular weight excluding hydrogens is 254 g/mol. The maximum Gasteiger partial charge on any atom is 0.161 e. The highest BCUT2D eigenvalue weighted by atomic mass is 16.3. The molecule has 1 heterocycles. The van der Waals surface area contributed by atoms with Gasteiger partial charge in [-0.1, -0.05) is 0 Å². The van der Waals surface area contributed by atoms with Crippen molar-refractivity contribution in [1.29, 1.82) is 0 Å². The van der Waals surface area contributed by atoms with Gasteiger partial charge in [0.25, 0.3) is 0 Å². The zero-order valence-electron chi connectivity index (χ0n) is 12.3. The Bertz CT molecular complexity index is 502. The number of nitrogen functional groups attached to an aromatic ring is 1. The summed E-state index contributed by atoms with van der Waals surface area (Å²) in [4.78, 5) is 15.7. The van der Waals surface area contributed by atoms with E-state index in [1.54, 1.807) is 6.07 Å². The molecule has 5 nitrogen and oxygen atoms in total. The van der Waals surface area contributed by atoms with Gasteiger partial charge in [-0.15, -0.1) is 0 Å². The van der Waals surface area contributed by atoms with Crippen molar-refractivity contribution >= 4 is 17.2 Å². The number of nitrogens with zero attached hydrogens (tertiary/aromatic N) is 2. The summed E-state index contributed by atoms with van der Waals surface area (Å²) in [5.41, 5.74) is 7.97. The molecule has 110 valence electrons. The molecular formula is C15H23N3O2. The Morgan fingerprint density at radius 2 is 2.20 bits per heavy atom. The smallest absolute Gasteiger partial charge is 0.161 e. The van der Waals surface area contributed by atoms with E-state index in [9.17, 15) is 9.90 Å². The van der Waals surface area contributed by atoms with Crippen molar-refractivity contribution in [2.45, 2.75) is 25.5 Å². The van der Waals surface area contributed by atoms with Crippen molar-refractivity contribution in [2.24, 2.45) is 0 Å². The second kappa shape index (κ2) is 5.81. The molecule has 0 amide bonds. The average molecular weight is 277 g/mol. The molecule has 2 rings (SSSR count). The molecule has 1 aliphatic heterocycles. The van der Waals surface area contributed by atoms with Crippen LogP contribution in [0.15, 0.2) is 18.2 Å². The molecule has 0 spiro atoms. The highest BCUT2D eigenvalue weighted by Crippen LogP contribution is 2.29. The molecule has 0 bridgehead atoms. The van der Waals surface area contributed by atoms with E-state index in [-0.39, 0.29) is 17.9 Å². The Hall–Kier alpha value is -1.59. The number of carbonyl (C=O) groups excluding carboxylic acids is 1. The quantitative estimate of drug-likeness (QED) is 0.634. The Kier molecular flexibility index (Phi) is 4.30. The molecule has 1 aromatic rings. The van der Waals surface area contributed by atoms with Gasteiger partial charge in [-0.25, -0.2) is 0 Å². The van der Waals surface area contributed by atoms with Crippen molar-refractivity contribution in [3.8, 4) is 0 Å². The van der Waals surface area contributed by atoms with Crippen LogP contribution >= 0.6 is 0 Å². The number of aliphatic hydroxyl groups excluding tert-OH is 1. The van der Waals surface area contributed by atoms with E-state index in [2.05, 4.69) is 9.80 Å². The first-order chi connectivity index (χ1) is 9.38. The van der Waals surface area contributed by atoms with Gasteiger partial charge < -0.3 is 20.6 Å². The lowest BCUT2D eigenvalue weighted by molar-refractivity contribution is 0.101. The SMILES string of the molecule is CC(=O)c1ccc(N2CC(O)CC2CN(C)C)cc1N. The summed E-state index contributed by atoms with van der Waals surface area (Å²) in [6, 6.07) is 5.78. The fourth-order valence-corrected chi connectivity index (χ4v) is 2.85. The molecule has 1 aromatic carbocycles. The van der Waals surface area contributed by atoms with Crippen LogP contribution in [-0.2, 0) is 0 Å². The molecule has 2 atom stereocenters. The lowest BCUT2D eigenvalue weighted by Crippen LogP contribution is -2.37. The van der Waals surface area contributed by atoms with E-state index in [4.69, 9.17) is 5.73 Å². The molecule has 0 aliphatic carbocycles. The lowest BCUT2D eigenvalue weighted by atomic mass is 10.1. The number of β-amino-alcohol motifs (C(OH)–C–C–N with tert-alkyl or cyclic N) is 1. The Labute approximate surface area is 120 Å². The predicted octanol–water partition coefficient (Wildman–Crippen LogP) is 0.973. The van der Waals surface area contributed by atoms with E-state index in [1.165, 1.54) is 6.92 Å². The molecule has 0 radical (unpaired) electrons. The number of hydrogen-bond acceptors (Lipinski definition) is 5. The highest BCUT2D eigenvalue weighted by Gasteiger charge is 2.31. The van der Waals surface area contributed by atoms with Crippen molar-refractivity contribution in [3.63, 3.8) is 0 Å². The fraction of sp³-hybridized carbons (Fsp3) is 0.533. The first-order valence-corrected chi connectivity index (χ1v) is 6.88. The number of nitrogens with two attached hydrogens (primary N) is 1. The fourth-order valence-electron chi connectivity index (χ4n) is 2.85. The van der Waals surface area contributed by atoms with Crippen molar-refractivity contribution < 1.29 is 9.90 Å². The topological polar surface area (TPSA) is 69.8 Å². The monoisotopic (exact) mass is 277 g/mol. The lowest BCUT2D eigenvalue weighted by Gasteiger charge is -2.29. The molecule has 0 aromatic heterocycles. The van der Waals surface area contributed by atoms with E-state index in [1.807, 2.05) is 26.2 Å². The number of hydrogen-bond donors (Lipinski definition) is 2. The molecule has 20 heavy (non-hydrogen) atoms. The number of ketones is 1. The number of rotatable bonds is 4. The molecule has 5 heteroatoms. The summed E-state index contributed by atoms with van der Waals surface area (Å²) in [6.07, 6.45) is 0.445.